The van der Waals surface area contributed by atoms with Crippen molar-refractivity contribution in [3.8, 4) is 0 Å². The van der Waals surface area contributed by atoms with Crippen molar-refractivity contribution in [3.05, 3.63) is 45.1 Å². The van der Waals surface area contributed by atoms with Crippen LogP contribution in [0.3, 0.4) is 0 Å². The van der Waals surface area contributed by atoms with Crippen molar-refractivity contribution in [2.75, 3.05) is 5.73 Å². The summed E-state index contributed by atoms with van der Waals surface area (Å²) in [5.41, 5.74) is 6.48. The van der Waals surface area contributed by atoms with Gasteiger partial charge in [-0.2, -0.15) is 0 Å². The first kappa shape index (κ1) is 13.3. The van der Waals surface area contributed by atoms with Gasteiger partial charge in [0.2, 0.25) is 0 Å². The SMILES string of the molecule is Nc1cc(Cl)ccc1SCc1ccc(C(=O)O)s1. The smallest absolute Gasteiger partial charge is 0.345 e. The Kier molecular flexibility index (Phi) is 4.16. The Morgan fingerprint density at radius 3 is 2.78 bits per heavy atom. The molecule has 2 aromatic rings. The Morgan fingerprint density at radius 1 is 1.39 bits per heavy atom. The number of rotatable bonds is 4. The summed E-state index contributed by atoms with van der Waals surface area (Å²) in [5.74, 6) is -0.189. The van der Waals surface area contributed by atoms with Crippen molar-refractivity contribution < 1.29 is 9.90 Å². The minimum absolute atomic E-state index is 0.356. The molecule has 0 amide bonds. The van der Waals surface area contributed by atoms with Crippen molar-refractivity contribution in [2.24, 2.45) is 0 Å². The molecule has 0 fully saturated rings. The molecule has 3 N–H and O–H groups in total. The number of hydrogen-bond acceptors (Lipinski definition) is 4. The highest BCUT2D eigenvalue weighted by Crippen LogP contribution is 2.32. The largest absolute Gasteiger partial charge is 0.477 e. The van der Waals surface area contributed by atoms with Crippen molar-refractivity contribution >= 4 is 46.4 Å². The van der Waals surface area contributed by atoms with Crippen LogP contribution in [-0.4, -0.2) is 11.1 Å². The molecule has 0 unspecified atom stereocenters. The van der Waals surface area contributed by atoms with Gasteiger partial charge in [0.15, 0.2) is 0 Å². The maximum atomic E-state index is 10.7. The zero-order valence-electron chi connectivity index (χ0n) is 9.22. The van der Waals surface area contributed by atoms with E-state index < -0.39 is 5.97 Å². The van der Waals surface area contributed by atoms with E-state index in [1.54, 1.807) is 30.0 Å². The van der Waals surface area contributed by atoms with Gasteiger partial charge in [0.05, 0.1) is 0 Å². The van der Waals surface area contributed by atoms with Crippen molar-refractivity contribution in [2.45, 2.75) is 10.6 Å². The molecule has 0 atom stereocenters. The van der Waals surface area contributed by atoms with Gasteiger partial charge in [-0.15, -0.1) is 23.1 Å². The van der Waals surface area contributed by atoms with Gasteiger partial charge in [0.25, 0.3) is 0 Å². The molecule has 0 aliphatic heterocycles. The van der Waals surface area contributed by atoms with Gasteiger partial charge in [0.1, 0.15) is 4.88 Å². The topological polar surface area (TPSA) is 63.3 Å². The van der Waals surface area contributed by atoms with Crippen molar-refractivity contribution in [1.82, 2.24) is 0 Å². The van der Waals surface area contributed by atoms with E-state index in [1.807, 2.05) is 12.1 Å². The molecule has 0 bridgehead atoms. The summed E-state index contributed by atoms with van der Waals surface area (Å²) in [5, 5.41) is 9.44. The number of carboxylic acids is 1. The van der Waals surface area contributed by atoms with E-state index in [9.17, 15) is 4.79 Å². The fraction of sp³-hybridized carbons (Fsp3) is 0.0833. The summed E-state index contributed by atoms with van der Waals surface area (Å²) < 4.78 is 0. The average molecular weight is 300 g/mol. The van der Waals surface area contributed by atoms with Gasteiger partial charge >= 0.3 is 5.97 Å². The number of carboxylic acid groups (broad SMARTS) is 1. The van der Waals surface area contributed by atoms with Crippen LogP contribution in [0.1, 0.15) is 14.5 Å². The number of thiophene rings is 1. The van der Waals surface area contributed by atoms with Crippen LogP contribution in [0.5, 0.6) is 0 Å². The Hall–Kier alpha value is -1.17. The number of anilines is 1. The number of nitrogen functional groups attached to an aromatic ring is 1. The third kappa shape index (κ3) is 3.19. The fourth-order valence-electron chi connectivity index (χ4n) is 1.37. The number of halogens is 1. The third-order valence-corrected chi connectivity index (χ3v) is 4.84. The molecule has 6 heteroatoms. The lowest BCUT2D eigenvalue weighted by Gasteiger charge is -2.04. The molecule has 18 heavy (non-hydrogen) atoms. The van der Waals surface area contributed by atoms with Crippen LogP contribution in [-0.2, 0) is 5.75 Å². The van der Waals surface area contributed by atoms with Crippen LogP contribution in [0.25, 0.3) is 0 Å². The molecule has 94 valence electrons. The lowest BCUT2D eigenvalue weighted by molar-refractivity contribution is 0.0702. The first-order valence-electron chi connectivity index (χ1n) is 5.06. The molecule has 1 heterocycles. The molecular formula is C12H10ClNO2S2. The van der Waals surface area contributed by atoms with E-state index in [0.29, 0.717) is 21.3 Å². The Morgan fingerprint density at radius 2 is 2.17 bits per heavy atom. The number of benzene rings is 1. The summed E-state index contributed by atoms with van der Waals surface area (Å²) in [4.78, 5) is 13.1. The Labute approximate surface area is 118 Å². The molecule has 1 aromatic carbocycles. The van der Waals surface area contributed by atoms with Crippen LogP contribution in [0.2, 0.25) is 5.02 Å². The van der Waals surface area contributed by atoms with Crippen molar-refractivity contribution in [3.63, 3.8) is 0 Å². The summed E-state index contributed by atoms with van der Waals surface area (Å²) in [6, 6.07) is 8.81. The number of nitrogens with two attached hydrogens (primary N) is 1. The van der Waals surface area contributed by atoms with Crippen LogP contribution < -0.4 is 5.73 Å². The second-order valence-electron chi connectivity index (χ2n) is 3.54. The number of thioether (sulfide) groups is 1. The molecule has 3 nitrogen and oxygen atoms in total. The highest BCUT2D eigenvalue weighted by atomic mass is 35.5. The zero-order valence-corrected chi connectivity index (χ0v) is 11.6. The molecule has 0 aliphatic carbocycles. The number of hydrogen-bond donors (Lipinski definition) is 2. The summed E-state index contributed by atoms with van der Waals surface area (Å²) in [7, 11) is 0. The highest BCUT2D eigenvalue weighted by Gasteiger charge is 2.08. The predicted molar refractivity (Wildman–Crippen MR) is 76.7 cm³/mol. The second kappa shape index (κ2) is 5.65. The van der Waals surface area contributed by atoms with E-state index in [0.717, 1.165) is 9.77 Å². The standard InChI is InChI=1S/C12H10ClNO2S2/c13-7-1-3-10(9(14)5-7)17-6-8-2-4-11(18-8)12(15)16/h1-5H,6,14H2,(H,15,16). The normalized spacial score (nSPS) is 10.5. The third-order valence-electron chi connectivity index (χ3n) is 2.21. The van der Waals surface area contributed by atoms with Gasteiger partial charge in [-0.05, 0) is 30.3 Å². The quantitative estimate of drug-likeness (QED) is 0.662. The van der Waals surface area contributed by atoms with Gasteiger partial charge in [0, 0.05) is 26.2 Å². The Bertz CT molecular complexity index is 583. The van der Waals surface area contributed by atoms with Crippen LogP contribution in [0.4, 0.5) is 5.69 Å². The summed E-state index contributed by atoms with van der Waals surface area (Å²) >= 11 is 8.67. The summed E-state index contributed by atoms with van der Waals surface area (Å²) in [6.07, 6.45) is 0. The Balaban J connectivity index is 2.04. The molecule has 0 radical (unpaired) electrons. The van der Waals surface area contributed by atoms with Crippen LogP contribution in [0, 0.1) is 0 Å². The predicted octanol–water partition coefficient (Wildman–Crippen LogP) is 3.97. The lowest BCUT2D eigenvalue weighted by atomic mass is 10.3. The van der Waals surface area contributed by atoms with Gasteiger partial charge in [-0.1, -0.05) is 11.6 Å². The number of carbonyl (C=O) groups is 1. The highest BCUT2D eigenvalue weighted by molar-refractivity contribution is 7.98. The van der Waals surface area contributed by atoms with E-state index in [2.05, 4.69) is 0 Å². The molecule has 0 saturated carbocycles. The second-order valence-corrected chi connectivity index (χ2v) is 6.16. The first-order chi connectivity index (χ1) is 8.56. The van der Waals surface area contributed by atoms with E-state index in [-0.39, 0.29) is 0 Å². The molecular weight excluding hydrogens is 290 g/mol. The zero-order chi connectivity index (χ0) is 13.1. The lowest BCUT2D eigenvalue weighted by Crippen LogP contribution is -1.89. The van der Waals surface area contributed by atoms with Crippen LogP contribution in [0.15, 0.2) is 35.2 Å². The van der Waals surface area contributed by atoms with E-state index in [4.69, 9.17) is 22.4 Å². The summed E-state index contributed by atoms with van der Waals surface area (Å²) in [6.45, 7) is 0. The van der Waals surface area contributed by atoms with Gasteiger partial charge in [-0.3, -0.25) is 0 Å². The fourth-order valence-corrected chi connectivity index (χ4v) is 3.39. The molecule has 0 spiro atoms. The minimum Gasteiger partial charge on any atom is -0.477 e. The monoisotopic (exact) mass is 299 g/mol. The maximum absolute atomic E-state index is 10.7. The average Bonchev–Trinajstić information content (AvgIpc) is 2.76. The van der Waals surface area contributed by atoms with Gasteiger partial charge in [-0.25, -0.2) is 4.79 Å². The number of aromatic carboxylic acids is 1. The minimum atomic E-state index is -0.887. The van der Waals surface area contributed by atoms with E-state index >= 15 is 0 Å². The molecule has 1 aromatic heterocycles. The van der Waals surface area contributed by atoms with Crippen molar-refractivity contribution in [1.29, 1.82) is 0 Å². The maximum Gasteiger partial charge on any atom is 0.345 e. The molecule has 2 rings (SSSR count). The van der Waals surface area contributed by atoms with Crippen LogP contribution >= 0.6 is 34.7 Å². The van der Waals surface area contributed by atoms with E-state index in [1.165, 1.54) is 11.3 Å². The first-order valence-corrected chi connectivity index (χ1v) is 7.24. The van der Waals surface area contributed by atoms with Gasteiger partial charge < -0.3 is 10.8 Å². The molecule has 0 aliphatic rings. The molecule has 0 saturated heterocycles.